The number of benzene rings is 1. The Morgan fingerprint density at radius 3 is 2.78 bits per heavy atom. The molecule has 0 aliphatic carbocycles. The van der Waals surface area contributed by atoms with Gasteiger partial charge in [0, 0.05) is 19.6 Å². The van der Waals surface area contributed by atoms with Crippen LogP contribution in [0, 0.1) is 13.8 Å². The van der Waals surface area contributed by atoms with Gasteiger partial charge in [-0.15, -0.1) is 11.3 Å². The van der Waals surface area contributed by atoms with Crippen molar-refractivity contribution in [2.45, 2.75) is 51.3 Å². The predicted molar refractivity (Wildman–Crippen MR) is 109 cm³/mol. The summed E-state index contributed by atoms with van der Waals surface area (Å²) in [5.74, 6) is 0.0304. The lowest BCUT2D eigenvalue weighted by atomic mass is 9.87. The van der Waals surface area contributed by atoms with Gasteiger partial charge in [0.1, 0.15) is 0 Å². The SMILES string of the molecule is Cc1ccc(CN2CCC3(CC2)C[C@@H](NC(=O)c2cccs2)CO3)cc1C. The third kappa shape index (κ3) is 4.26. The van der Waals surface area contributed by atoms with Crippen molar-refractivity contribution in [1.82, 2.24) is 10.2 Å². The molecule has 3 heterocycles. The molecule has 2 aliphatic heterocycles. The average molecular weight is 385 g/mol. The largest absolute Gasteiger partial charge is 0.373 e. The number of nitrogens with one attached hydrogen (secondary N) is 1. The zero-order valence-corrected chi connectivity index (χ0v) is 17.0. The van der Waals surface area contributed by atoms with E-state index < -0.39 is 0 Å². The van der Waals surface area contributed by atoms with E-state index in [-0.39, 0.29) is 17.6 Å². The molecule has 27 heavy (non-hydrogen) atoms. The number of hydrogen-bond donors (Lipinski definition) is 1. The van der Waals surface area contributed by atoms with Gasteiger partial charge in [-0.1, -0.05) is 24.3 Å². The molecule has 1 amide bonds. The van der Waals surface area contributed by atoms with Crippen LogP contribution in [0.4, 0.5) is 0 Å². The van der Waals surface area contributed by atoms with Gasteiger partial charge in [0.15, 0.2) is 0 Å². The normalized spacial score (nSPS) is 22.2. The molecular weight excluding hydrogens is 356 g/mol. The second-order valence-corrected chi connectivity index (χ2v) is 8.99. The number of carbonyl (C=O) groups excluding carboxylic acids is 1. The van der Waals surface area contributed by atoms with E-state index in [1.54, 1.807) is 0 Å². The van der Waals surface area contributed by atoms with E-state index in [0.717, 1.165) is 43.8 Å². The number of likely N-dealkylation sites (tertiary alicyclic amines) is 1. The Kier molecular flexibility index (Phi) is 5.35. The average Bonchev–Trinajstić information content (AvgIpc) is 3.31. The molecule has 4 rings (SSSR count). The van der Waals surface area contributed by atoms with Gasteiger partial charge in [0.25, 0.3) is 5.91 Å². The van der Waals surface area contributed by atoms with Crippen LogP contribution in [0.3, 0.4) is 0 Å². The fraction of sp³-hybridized carbons (Fsp3) is 0.500. The molecule has 1 aromatic heterocycles. The molecule has 0 unspecified atom stereocenters. The molecule has 1 N–H and O–H groups in total. The van der Waals surface area contributed by atoms with E-state index in [4.69, 9.17) is 4.74 Å². The summed E-state index contributed by atoms with van der Waals surface area (Å²) in [4.78, 5) is 15.6. The standard InChI is InChI=1S/C22H28N2O2S/c1-16-5-6-18(12-17(16)2)14-24-9-7-22(8-10-24)13-19(15-26-22)23-21(25)20-4-3-11-27-20/h3-6,11-12,19H,7-10,13-15H2,1-2H3,(H,23,25)/t19-/m1/s1. The number of hydrogen-bond acceptors (Lipinski definition) is 4. The van der Waals surface area contributed by atoms with Gasteiger partial charge in [-0.3, -0.25) is 9.69 Å². The topological polar surface area (TPSA) is 41.6 Å². The van der Waals surface area contributed by atoms with Crippen LogP contribution >= 0.6 is 11.3 Å². The molecule has 2 fully saturated rings. The molecule has 4 nitrogen and oxygen atoms in total. The summed E-state index contributed by atoms with van der Waals surface area (Å²) in [5.41, 5.74) is 4.06. The van der Waals surface area contributed by atoms with E-state index in [9.17, 15) is 4.79 Å². The van der Waals surface area contributed by atoms with E-state index >= 15 is 0 Å². The first-order chi connectivity index (χ1) is 13.0. The van der Waals surface area contributed by atoms with Gasteiger partial charge in [0.05, 0.1) is 23.1 Å². The van der Waals surface area contributed by atoms with Crippen molar-refractivity contribution in [3.8, 4) is 0 Å². The molecule has 2 aliphatic rings. The monoisotopic (exact) mass is 384 g/mol. The van der Waals surface area contributed by atoms with Crippen LogP contribution in [-0.2, 0) is 11.3 Å². The third-order valence-electron chi connectivity index (χ3n) is 6.03. The molecule has 2 aromatic rings. The maximum atomic E-state index is 12.3. The first-order valence-corrected chi connectivity index (χ1v) is 10.7. The van der Waals surface area contributed by atoms with E-state index in [0.29, 0.717) is 6.61 Å². The predicted octanol–water partition coefficient (Wildman–Crippen LogP) is 3.92. The van der Waals surface area contributed by atoms with Crippen molar-refractivity contribution in [2.75, 3.05) is 19.7 Å². The summed E-state index contributed by atoms with van der Waals surface area (Å²) in [6.07, 6.45) is 3.02. The molecule has 144 valence electrons. The van der Waals surface area contributed by atoms with Gasteiger partial charge in [-0.25, -0.2) is 0 Å². The van der Waals surface area contributed by atoms with Crippen molar-refractivity contribution < 1.29 is 9.53 Å². The van der Waals surface area contributed by atoms with Crippen LogP contribution in [0.25, 0.3) is 0 Å². The maximum absolute atomic E-state index is 12.3. The molecule has 0 bridgehead atoms. The smallest absolute Gasteiger partial charge is 0.261 e. The first kappa shape index (κ1) is 18.7. The Labute approximate surface area is 165 Å². The van der Waals surface area contributed by atoms with Gasteiger partial charge in [0.2, 0.25) is 0 Å². The number of rotatable bonds is 4. The highest BCUT2D eigenvalue weighted by atomic mass is 32.1. The van der Waals surface area contributed by atoms with Gasteiger partial charge >= 0.3 is 0 Å². The maximum Gasteiger partial charge on any atom is 0.261 e. The second-order valence-electron chi connectivity index (χ2n) is 8.04. The molecule has 5 heteroatoms. The van der Waals surface area contributed by atoms with E-state index in [2.05, 4.69) is 42.3 Å². The minimum atomic E-state index is -0.0485. The minimum absolute atomic E-state index is 0.0304. The Bertz CT molecular complexity index is 795. The van der Waals surface area contributed by atoms with Crippen LogP contribution in [0.15, 0.2) is 35.7 Å². The number of thiophene rings is 1. The number of piperidine rings is 1. The molecule has 2 saturated heterocycles. The Morgan fingerprint density at radius 1 is 1.26 bits per heavy atom. The Morgan fingerprint density at radius 2 is 2.07 bits per heavy atom. The highest BCUT2D eigenvalue weighted by Gasteiger charge is 2.43. The van der Waals surface area contributed by atoms with Crippen LogP contribution in [-0.4, -0.2) is 42.1 Å². The van der Waals surface area contributed by atoms with Crippen molar-refractivity contribution >= 4 is 17.2 Å². The molecule has 0 radical (unpaired) electrons. The van der Waals surface area contributed by atoms with Crippen molar-refractivity contribution in [2.24, 2.45) is 0 Å². The summed E-state index contributed by atoms with van der Waals surface area (Å²) in [6, 6.07) is 10.7. The summed E-state index contributed by atoms with van der Waals surface area (Å²) in [6.45, 7) is 8.09. The zero-order chi connectivity index (χ0) is 18.9. The third-order valence-corrected chi connectivity index (χ3v) is 6.90. The second kappa shape index (κ2) is 7.74. The molecular formula is C22H28N2O2S. The minimum Gasteiger partial charge on any atom is -0.373 e. The quantitative estimate of drug-likeness (QED) is 0.869. The summed E-state index contributed by atoms with van der Waals surface area (Å²) in [7, 11) is 0. The number of ether oxygens (including phenoxy) is 1. The lowest BCUT2D eigenvalue weighted by molar-refractivity contribution is -0.0449. The Hall–Kier alpha value is -1.69. The number of carbonyl (C=O) groups is 1. The fourth-order valence-corrected chi connectivity index (χ4v) is 4.86. The first-order valence-electron chi connectivity index (χ1n) is 9.80. The zero-order valence-electron chi connectivity index (χ0n) is 16.2. The lowest BCUT2D eigenvalue weighted by Gasteiger charge is -2.38. The number of aryl methyl sites for hydroxylation is 2. The van der Waals surface area contributed by atoms with Crippen molar-refractivity contribution in [3.63, 3.8) is 0 Å². The molecule has 1 atom stereocenters. The Balaban J connectivity index is 1.28. The van der Waals surface area contributed by atoms with Crippen LogP contribution in [0.1, 0.15) is 45.6 Å². The van der Waals surface area contributed by atoms with Gasteiger partial charge in [-0.2, -0.15) is 0 Å². The van der Waals surface area contributed by atoms with Crippen molar-refractivity contribution in [3.05, 3.63) is 57.3 Å². The summed E-state index contributed by atoms with van der Waals surface area (Å²) in [5, 5.41) is 5.09. The van der Waals surface area contributed by atoms with Crippen LogP contribution in [0.2, 0.25) is 0 Å². The van der Waals surface area contributed by atoms with Crippen molar-refractivity contribution in [1.29, 1.82) is 0 Å². The lowest BCUT2D eigenvalue weighted by Crippen LogP contribution is -2.44. The highest BCUT2D eigenvalue weighted by Crippen LogP contribution is 2.36. The van der Waals surface area contributed by atoms with Gasteiger partial charge in [-0.05, 0) is 61.2 Å². The molecule has 1 aromatic carbocycles. The number of amides is 1. The molecule has 1 spiro atoms. The fourth-order valence-electron chi connectivity index (χ4n) is 4.23. The highest BCUT2D eigenvalue weighted by molar-refractivity contribution is 7.12. The van der Waals surface area contributed by atoms with E-state index in [1.807, 2.05) is 17.5 Å². The summed E-state index contributed by atoms with van der Waals surface area (Å²) < 4.78 is 6.21. The summed E-state index contributed by atoms with van der Waals surface area (Å²) >= 11 is 1.48. The van der Waals surface area contributed by atoms with E-state index in [1.165, 1.54) is 28.0 Å². The van der Waals surface area contributed by atoms with Crippen LogP contribution < -0.4 is 5.32 Å². The molecule has 0 saturated carbocycles. The number of nitrogens with zero attached hydrogens (tertiary/aromatic N) is 1. The van der Waals surface area contributed by atoms with Crippen LogP contribution in [0.5, 0.6) is 0 Å². The van der Waals surface area contributed by atoms with Gasteiger partial charge < -0.3 is 10.1 Å².